The van der Waals surface area contributed by atoms with Gasteiger partial charge in [-0.15, -0.1) is 0 Å². The molecule has 2 aliphatic carbocycles. The Hall–Kier alpha value is -1.41. The van der Waals surface area contributed by atoms with Gasteiger partial charge in [-0.2, -0.15) is 0 Å². The van der Waals surface area contributed by atoms with Gasteiger partial charge in [0.2, 0.25) is 0 Å². The third kappa shape index (κ3) is 1.86. The smallest absolute Gasteiger partial charge is 0.127 e. The zero-order valence-corrected chi connectivity index (χ0v) is 11.7. The Morgan fingerprint density at radius 3 is 2.90 bits per heavy atom. The molecular formula is C18H20FN. The molecule has 0 amide bonds. The van der Waals surface area contributed by atoms with Crippen LogP contribution in [0.5, 0.6) is 0 Å². The van der Waals surface area contributed by atoms with E-state index in [0.29, 0.717) is 0 Å². The largest absolute Gasteiger partial charge is 0.297 e. The Balaban J connectivity index is 1.49. The molecular weight excluding hydrogens is 249 g/mol. The summed E-state index contributed by atoms with van der Waals surface area (Å²) in [7, 11) is 0. The molecule has 4 rings (SSSR count). The molecule has 0 unspecified atom stereocenters. The van der Waals surface area contributed by atoms with Gasteiger partial charge in [-0.25, -0.2) is 4.39 Å². The predicted octanol–water partition coefficient (Wildman–Crippen LogP) is 3.60. The van der Waals surface area contributed by atoms with Gasteiger partial charge in [-0.05, 0) is 48.4 Å². The van der Waals surface area contributed by atoms with E-state index in [0.717, 1.165) is 38.0 Å². The van der Waals surface area contributed by atoms with Crippen LogP contribution in [0.2, 0.25) is 0 Å². The lowest BCUT2D eigenvalue weighted by Gasteiger charge is -2.49. The summed E-state index contributed by atoms with van der Waals surface area (Å²) >= 11 is 0. The van der Waals surface area contributed by atoms with Crippen molar-refractivity contribution >= 4 is 0 Å². The van der Waals surface area contributed by atoms with E-state index in [1.165, 1.54) is 24.0 Å². The molecule has 0 aromatic heterocycles. The fourth-order valence-corrected chi connectivity index (χ4v) is 4.15. The summed E-state index contributed by atoms with van der Waals surface area (Å²) in [4.78, 5) is 2.46. The van der Waals surface area contributed by atoms with E-state index < -0.39 is 0 Å². The topological polar surface area (TPSA) is 3.24 Å². The number of allylic oxidation sites excluding steroid dienone is 2. The van der Waals surface area contributed by atoms with E-state index in [-0.39, 0.29) is 11.2 Å². The molecule has 0 atom stereocenters. The molecule has 1 aliphatic heterocycles. The molecule has 1 aromatic rings. The van der Waals surface area contributed by atoms with Gasteiger partial charge in [0.25, 0.3) is 0 Å². The van der Waals surface area contributed by atoms with Gasteiger partial charge in [0, 0.05) is 25.0 Å². The Morgan fingerprint density at radius 1 is 1.20 bits per heavy atom. The summed E-state index contributed by atoms with van der Waals surface area (Å²) in [5.74, 6) is 0.0106. The molecule has 0 saturated carbocycles. The van der Waals surface area contributed by atoms with Gasteiger partial charge in [0.15, 0.2) is 0 Å². The number of benzene rings is 1. The second kappa shape index (κ2) is 4.56. The molecule has 1 nitrogen and oxygen atoms in total. The van der Waals surface area contributed by atoms with Gasteiger partial charge in [-0.3, -0.25) is 4.90 Å². The van der Waals surface area contributed by atoms with Crippen LogP contribution >= 0.6 is 0 Å². The first-order valence-electron chi connectivity index (χ1n) is 7.63. The van der Waals surface area contributed by atoms with Gasteiger partial charge in [0.1, 0.15) is 5.82 Å². The van der Waals surface area contributed by atoms with Crippen molar-refractivity contribution in [1.82, 2.24) is 4.90 Å². The van der Waals surface area contributed by atoms with Crippen LogP contribution in [-0.4, -0.2) is 24.5 Å². The maximum Gasteiger partial charge on any atom is 0.127 e. The van der Waals surface area contributed by atoms with Crippen LogP contribution in [0.15, 0.2) is 42.0 Å². The SMILES string of the molecule is Fc1cccc2c1C1(CC2)CN(CC2=CCCC=C2)C1. The standard InChI is InChI=1S/C18H20FN/c19-16-8-4-7-15-9-10-18(17(15)16)12-20(13-18)11-14-5-2-1-3-6-14/h2,4-8H,1,3,9-13H2. The highest BCUT2D eigenvalue weighted by atomic mass is 19.1. The monoisotopic (exact) mass is 269 g/mol. The maximum atomic E-state index is 14.2. The lowest BCUT2D eigenvalue weighted by molar-refractivity contribution is 0.0738. The zero-order chi connectivity index (χ0) is 13.6. The number of rotatable bonds is 2. The average Bonchev–Trinajstić information content (AvgIpc) is 2.81. The number of fused-ring (bicyclic) bond motifs is 2. The third-order valence-corrected chi connectivity index (χ3v) is 5.03. The van der Waals surface area contributed by atoms with Crippen molar-refractivity contribution in [3.8, 4) is 0 Å². The Bertz CT molecular complexity index is 593. The van der Waals surface area contributed by atoms with Crippen LogP contribution in [0.25, 0.3) is 0 Å². The van der Waals surface area contributed by atoms with Gasteiger partial charge < -0.3 is 0 Å². The molecule has 1 spiro atoms. The summed E-state index contributed by atoms with van der Waals surface area (Å²) in [6, 6.07) is 5.57. The fraction of sp³-hybridized carbons (Fsp3) is 0.444. The summed E-state index contributed by atoms with van der Waals surface area (Å²) in [6.07, 6.45) is 11.4. The first-order chi connectivity index (χ1) is 9.77. The molecule has 1 heterocycles. The van der Waals surface area contributed by atoms with Gasteiger partial charge in [-0.1, -0.05) is 30.4 Å². The van der Waals surface area contributed by atoms with Crippen molar-refractivity contribution in [3.05, 3.63) is 58.9 Å². The molecule has 1 aromatic carbocycles. The second-order valence-corrected chi connectivity index (χ2v) is 6.46. The Kier molecular flexibility index (Phi) is 2.81. The molecule has 1 fully saturated rings. The third-order valence-electron chi connectivity index (χ3n) is 5.03. The van der Waals surface area contributed by atoms with E-state index >= 15 is 0 Å². The lowest BCUT2D eigenvalue weighted by Crippen LogP contribution is -2.58. The van der Waals surface area contributed by atoms with E-state index in [9.17, 15) is 4.39 Å². The molecule has 1 saturated heterocycles. The number of likely N-dealkylation sites (tertiary alicyclic amines) is 1. The Labute approximate surface area is 119 Å². The predicted molar refractivity (Wildman–Crippen MR) is 79.3 cm³/mol. The van der Waals surface area contributed by atoms with E-state index in [2.05, 4.69) is 29.2 Å². The molecule has 0 N–H and O–H groups in total. The fourth-order valence-electron chi connectivity index (χ4n) is 4.15. The summed E-state index contributed by atoms with van der Waals surface area (Å²) in [6.45, 7) is 3.07. The summed E-state index contributed by atoms with van der Waals surface area (Å²) in [5, 5.41) is 0. The van der Waals surface area contributed by atoms with Crippen LogP contribution in [0, 0.1) is 5.82 Å². The van der Waals surface area contributed by atoms with Crippen LogP contribution in [0.4, 0.5) is 4.39 Å². The molecule has 2 heteroatoms. The lowest BCUT2D eigenvalue weighted by atomic mass is 9.74. The molecule has 104 valence electrons. The van der Waals surface area contributed by atoms with E-state index in [1.807, 2.05) is 6.07 Å². The molecule has 0 radical (unpaired) electrons. The van der Waals surface area contributed by atoms with Crippen molar-refractivity contribution in [3.63, 3.8) is 0 Å². The normalized spacial score (nSPS) is 23.6. The summed E-state index contributed by atoms with van der Waals surface area (Å²) in [5.41, 5.74) is 3.79. The van der Waals surface area contributed by atoms with Gasteiger partial charge in [0.05, 0.1) is 0 Å². The first-order valence-corrected chi connectivity index (χ1v) is 7.63. The van der Waals surface area contributed by atoms with Crippen molar-refractivity contribution in [2.45, 2.75) is 31.1 Å². The van der Waals surface area contributed by atoms with Crippen molar-refractivity contribution in [1.29, 1.82) is 0 Å². The minimum Gasteiger partial charge on any atom is -0.297 e. The molecule has 20 heavy (non-hydrogen) atoms. The average molecular weight is 269 g/mol. The zero-order valence-electron chi connectivity index (χ0n) is 11.7. The van der Waals surface area contributed by atoms with Crippen LogP contribution in [0.1, 0.15) is 30.4 Å². The quantitative estimate of drug-likeness (QED) is 0.793. The van der Waals surface area contributed by atoms with Crippen molar-refractivity contribution in [2.24, 2.45) is 0 Å². The highest BCUT2D eigenvalue weighted by molar-refractivity contribution is 5.43. The van der Waals surface area contributed by atoms with Crippen LogP contribution in [-0.2, 0) is 11.8 Å². The number of aryl methyl sites for hydroxylation is 1. The van der Waals surface area contributed by atoms with Crippen molar-refractivity contribution < 1.29 is 4.39 Å². The minimum absolute atomic E-state index is 0.0106. The molecule has 0 bridgehead atoms. The maximum absolute atomic E-state index is 14.2. The molecule has 3 aliphatic rings. The highest BCUT2D eigenvalue weighted by Gasteiger charge is 2.49. The van der Waals surface area contributed by atoms with Crippen molar-refractivity contribution in [2.75, 3.05) is 19.6 Å². The van der Waals surface area contributed by atoms with E-state index in [1.54, 1.807) is 6.07 Å². The second-order valence-electron chi connectivity index (χ2n) is 6.46. The number of hydrogen-bond donors (Lipinski definition) is 0. The van der Waals surface area contributed by atoms with Crippen LogP contribution in [0.3, 0.4) is 0 Å². The minimum atomic E-state index is 0.0106. The van der Waals surface area contributed by atoms with Gasteiger partial charge >= 0.3 is 0 Å². The first kappa shape index (κ1) is 12.3. The highest BCUT2D eigenvalue weighted by Crippen LogP contribution is 2.46. The van der Waals surface area contributed by atoms with Crippen LogP contribution < -0.4 is 0 Å². The Morgan fingerprint density at radius 2 is 2.10 bits per heavy atom. The number of hydrogen-bond acceptors (Lipinski definition) is 1. The summed E-state index contributed by atoms with van der Waals surface area (Å²) < 4.78 is 14.2. The van der Waals surface area contributed by atoms with E-state index in [4.69, 9.17) is 0 Å². The number of halogens is 1. The number of nitrogens with zero attached hydrogens (tertiary/aromatic N) is 1.